The number of aryl methyl sites for hydroxylation is 1. The molecule has 1 heterocycles. The van der Waals surface area contributed by atoms with Crippen LogP contribution >= 0.6 is 0 Å². The Balaban J connectivity index is 1.93. The first kappa shape index (κ1) is 13.9. The van der Waals surface area contributed by atoms with Crippen LogP contribution in [0.25, 0.3) is 0 Å². The Morgan fingerprint density at radius 1 is 1.20 bits per heavy atom. The number of fused-ring (bicyclic) bond motifs is 1. The van der Waals surface area contributed by atoms with Crippen LogP contribution in [0.3, 0.4) is 0 Å². The number of hydrogen-bond donors (Lipinski definition) is 1. The summed E-state index contributed by atoms with van der Waals surface area (Å²) in [7, 11) is 0. The number of rotatable bonds is 2. The van der Waals surface area contributed by atoms with E-state index in [2.05, 4.69) is 37.4 Å². The van der Waals surface area contributed by atoms with Crippen LogP contribution in [0.2, 0.25) is 0 Å². The Labute approximate surface area is 122 Å². The van der Waals surface area contributed by atoms with Gasteiger partial charge in [0.2, 0.25) is 0 Å². The Morgan fingerprint density at radius 3 is 2.65 bits per heavy atom. The predicted octanol–water partition coefficient (Wildman–Crippen LogP) is 4.52. The maximum atomic E-state index is 6.53. The molecule has 0 amide bonds. The fourth-order valence-electron chi connectivity index (χ4n) is 3.90. The van der Waals surface area contributed by atoms with Gasteiger partial charge < -0.3 is 10.1 Å². The van der Waals surface area contributed by atoms with E-state index in [0.29, 0.717) is 6.04 Å². The van der Waals surface area contributed by atoms with E-state index in [4.69, 9.17) is 4.74 Å². The average molecular weight is 273 g/mol. The van der Waals surface area contributed by atoms with Crippen molar-refractivity contribution in [2.75, 3.05) is 6.54 Å². The lowest BCUT2D eigenvalue weighted by atomic mass is 9.81. The Bertz CT molecular complexity index is 460. The molecule has 3 rings (SSSR count). The van der Waals surface area contributed by atoms with Crippen LogP contribution in [0.1, 0.15) is 69.0 Å². The Morgan fingerprint density at radius 2 is 1.95 bits per heavy atom. The lowest BCUT2D eigenvalue weighted by Gasteiger charge is -2.42. The van der Waals surface area contributed by atoms with E-state index in [1.807, 2.05) is 0 Å². The van der Waals surface area contributed by atoms with E-state index in [1.54, 1.807) is 0 Å². The van der Waals surface area contributed by atoms with E-state index in [9.17, 15) is 0 Å². The van der Waals surface area contributed by atoms with Gasteiger partial charge >= 0.3 is 0 Å². The highest BCUT2D eigenvalue weighted by atomic mass is 16.5. The third kappa shape index (κ3) is 2.71. The van der Waals surface area contributed by atoms with Gasteiger partial charge in [0.1, 0.15) is 11.4 Å². The van der Waals surface area contributed by atoms with E-state index in [1.165, 1.54) is 49.7 Å². The number of hydrogen-bond acceptors (Lipinski definition) is 2. The van der Waals surface area contributed by atoms with Crippen molar-refractivity contribution in [3.63, 3.8) is 0 Å². The van der Waals surface area contributed by atoms with E-state index in [0.717, 1.165) is 18.7 Å². The zero-order chi connectivity index (χ0) is 14.0. The minimum atomic E-state index is 0.0889. The normalized spacial score (nSPS) is 24.8. The lowest BCUT2D eigenvalue weighted by Crippen LogP contribution is -2.44. The highest BCUT2D eigenvalue weighted by Crippen LogP contribution is 2.45. The molecular formula is C18H27NO. The topological polar surface area (TPSA) is 21.3 Å². The van der Waals surface area contributed by atoms with Crippen molar-refractivity contribution < 1.29 is 4.74 Å². The summed E-state index contributed by atoms with van der Waals surface area (Å²) in [6.07, 6.45) is 8.97. The number of benzene rings is 1. The van der Waals surface area contributed by atoms with Crippen molar-refractivity contribution in [1.29, 1.82) is 0 Å². The second kappa shape index (κ2) is 5.77. The zero-order valence-corrected chi connectivity index (χ0v) is 12.9. The molecule has 2 aliphatic rings. The van der Waals surface area contributed by atoms with E-state index >= 15 is 0 Å². The molecule has 20 heavy (non-hydrogen) atoms. The van der Waals surface area contributed by atoms with Gasteiger partial charge in [-0.3, -0.25) is 0 Å². The SMILES string of the molecule is CCNC1CC2(CCCCCC2)Oc2ccc(C)cc21. The molecule has 1 aromatic carbocycles. The van der Waals surface area contributed by atoms with Gasteiger partial charge in [-0.1, -0.05) is 37.5 Å². The fraction of sp³-hybridized carbons (Fsp3) is 0.667. The average Bonchev–Trinajstić information content (AvgIpc) is 2.66. The summed E-state index contributed by atoms with van der Waals surface area (Å²) in [4.78, 5) is 0. The van der Waals surface area contributed by atoms with Gasteiger partial charge in [0.25, 0.3) is 0 Å². The molecule has 2 heteroatoms. The largest absolute Gasteiger partial charge is 0.487 e. The Kier molecular flexibility index (Phi) is 4.02. The number of ether oxygens (including phenoxy) is 1. The summed E-state index contributed by atoms with van der Waals surface area (Å²) < 4.78 is 6.53. The van der Waals surface area contributed by atoms with Gasteiger partial charge in [-0.15, -0.1) is 0 Å². The molecule has 1 atom stereocenters. The second-order valence-electron chi connectivity index (χ2n) is 6.55. The van der Waals surface area contributed by atoms with Crippen molar-refractivity contribution in [1.82, 2.24) is 5.32 Å². The molecule has 1 fully saturated rings. The molecule has 110 valence electrons. The highest BCUT2D eigenvalue weighted by Gasteiger charge is 2.40. The third-order valence-corrected chi connectivity index (χ3v) is 4.91. The van der Waals surface area contributed by atoms with Crippen LogP contribution in [-0.4, -0.2) is 12.1 Å². The van der Waals surface area contributed by atoms with Crippen molar-refractivity contribution in [3.05, 3.63) is 29.3 Å². The molecule has 0 bridgehead atoms. The van der Waals surface area contributed by atoms with Gasteiger partial charge in [0, 0.05) is 18.0 Å². The van der Waals surface area contributed by atoms with Gasteiger partial charge in [-0.25, -0.2) is 0 Å². The summed E-state index contributed by atoms with van der Waals surface area (Å²) >= 11 is 0. The maximum Gasteiger partial charge on any atom is 0.124 e. The summed E-state index contributed by atoms with van der Waals surface area (Å²) in [5.41, 5.74) is 2.78. The minimum absolute atomic E-state index is 0.0889. The zero-order valence-electron chi connectivity index (χ0n) is 12.9. The summed E-state index contributed by atoms with van der Waals surface area (Å²) in [5.74, 6) is 1.12. The first-order valence-corrected chi connectivity index (χ1v) is 8.25. The maximum absolute atomic E-state index is 6.53. The summed E-state index contributed by atoms with van der Waals surface area (Å²) in [6.45, 7) is 5.39. The molecular weight excluding hydrogens is 246 g/mol. The van der Waals surface area contributed by atoms with Crippen LogP contribution in [-0.2, 0) is 0 Å². The van der Waals surface area contributed by atoms with Crippen molar-refractivity contribution in [2.24, 2.45) is 0 Å². The molecule has 1 N–H and O–H groups in total. The molecule has 1 aliphatic carbocycles. The van der Waals surface area contributed by atoms with Crippen LogP contribution < -0.4 is 10.1 Å². The molecule has 1 spiro atoms. The van der Waals surface area contributed by atoms with E-state index < -0.39 is 0 Å². The molecule has 1 saturated carbocycles. The van der Waals surface area contributed by atoms with E-state index in [-0.39, 0.29) is 5.60 Å². The first-order chi connectivity index (χ1) is 9.72. The molecule has 1 aliphatic heterocycles. The van der Waals surface area contributed by atoms with Crippen LogP contribution in [0.4, 0.5) is 0 Å². The van der Waals surface area contributed by atoms with Crippen LogP contribution in [0.5, 0.6) is 5.75 Å². The molecule has 0 saturated heterocycles. The highest BCUT2D eigenvalue weighted by molar-refractivity contribution is 5.41. The minimum Gasteiger partial charge on any atom is -0.487 e. The third-order valence-electron chi connectivity index (χ3n) is 4.91. The van der Waals surface area contributed by atoms with Gasteiger partial charge in [-0.2, -0.15) is 0 Å². The molecule has 2 nitrogen and oxygen atoms in total. The lowest BCUT2D eigenvalue weighted by molar-refractivity contribution is 0.0163. The van der Waals surface area contributed by atoms with Crippen LogP contribution in [0.15, 0.2) is 18.2 Å². The van der Waals surface area contributed by atoms with Crippen molar-refractivity contribution >= 4 is 0 Å². The Hall–Kier alpha value is -1.02. The predicted molar refractivity (Wildman–Crippen MR) is 83.3 cm³/mol. The fourth-order valence-corrected chi connectivity index (χ4v) is 3.90. The standard InChI is InChI=1S/C18H27NO/c1-3-19-16-13-18(10-6-4-5-7-11-18)20-17-9-8-14(2)12-15(16)17/h8-9,12,16,19H,3-7,10-11,13H2,1-2H3. The number of nitrogens with one attached hydrogen (secondary N) is 1. The molecule has 0 radical (unpaired) electrons. The monoisotopic (exact) mass is 273 g/mol. The summed E-state index contributed by atoms with van der Waals surface area (Å²) in [6, 6.07) is 7.12. The molecule has 1 unspecified atom stereocenters. The smallest absolute Gasteiger partial charge is 0.124 e. The van der Waals surface area contributed by atoms with Gasteiger partial charge in [0.05, 0.1) is 0 Å². The molecule has 0 aromatic heterocycles. The quantitative estimate of drug-likeness (QED) is 0.855. The van der Waals surface area contributed by atoms with Crippen molar-refractivity contribution in [2.45, 2.75) is 70.4 Å². The van der Waals surface area contributed by atoms with Gasteiger partial charge in [0.15, 0.2) is 0 Å². The second-order valence-corrected chi connectivity index (χ2v) is 6.55. The van der Waals surface area contributed by atoms with Crippen LogP contribution in [0, 0.1) is 6.92 Å². The molecule has 1 aromatic rings. The first-order valence-electron chi connectivity index (χ1n) is 8.25. The summed E-state index contributed by atoms with van der Waals surface area (Å²) in [5, 5.41) is 3.68. The van der Waals surface area contributed by atoms with Gasteiger partial charge in [-0.05, 0) is 45.2 Å². The van der Waals surface area contributed by atoms with Crippen molar-refractivity contribution in [3.8, 4) is 5.75 Å².